The smallest absolute Gasteiger partial charge is 0.338 e. The number of nitrogens with one attached hydrogen (secondary N) is 1. The van der Waals surface area contributed by atoms with Gasteiger partial charge < -0.3 is 10.1 Å². The molecule has 0 fully saturated rings. The van der Waals surface area contributed by atoms with Crippen LogP contribution >= 0.6 is 22.9 Å². The fourth-order valence-electron chi connectivity index (χ4n) is 2.42. The second-order valence-electron chi connectivity index (χ2n) is 4.87. The number of nitrogens with zero attached hydrogens (tertiary/aromatic N) is 3. The molecule has 2 amide bonds. The Hall–Kier alpha value is -2.26. The third-order valence-corrected chi connectivity index (χ3v) is 4.95. The predicted octanol–water partition coefficient (Wildman–Crippen LogP) is 2.31. The molecule has 23 heavy (non-hydrogen) atoms. The molecule has 0 spiro atoms. The highest BCUT2D eigenvalue weighted by Crippen LogP contribution is 2.31. The van der Waals surface area contributed by atoms with Gasteiger partial charge in [-0.25, -0.2) is 9.59 Å². The molecule has 0 saturated carbocycles. The van der Waals surface area contributed by atoms with Crippen LogP contribution in [0.1, 0.15) is 23.5 Å². The Kier molecular flexibility index (Phi) is 4.39. The highest BCUT2D eigenvalue weighted by molar-refractivity contribution is 7.09. The Bertz CT molecular complexity index is 740. The van der Waals surface area contributed by atoms with Crippen LogP contribution in [0.3, 0.4) is 0 Å². The standard InChI is InChI=1S/C14H14N4O3S2/c1-8-11(13(19)21-2)12(10-7-23-17-16-10)15-14(20)18(8)6-9-4-3-5-22-9/h3-5,7,12H,6H2,1-2H3,(H,15,20). The maximum atomic E-state index is 12.5. The maximum absolute atomic E-state index is 12.5. The Morgan fingerprint density at radius 1 is 1.52 bits per heavy atom. The normalized spacial score (nSPS) is 18.1. The van der Waals surface area contributed by atoms with Crippen molar-refractivity contribution in [3.05, 3.63) is 44.7 Å². The topological polar surface area (TPSA) is 84.4 Å². The summed E-state index contributed by atoms with van der Waals surface area (Å²) in [5.74, 6) is -0.489. The molecule has 1 aliphatic heterocycles. The first-order chi connectivity index (χ1) is 11.1. The lowest BCUT2D eigenvalue weighted by Crippen LogP contribution is -2.47. The number of rotatable bonds is 4. The largest absolute Gasteiger partial charge is 0.466 e. The van der Waals surface area contributed by atoms with Crippen LogP contribution in [0.4, 0.5) is 4.79 Å². The molecule has 3 heterocycles. The van der Waals surface area contributed by atoms with Crippen LogP contribution in [0.15, 0.2) is 34.2 Å². The number of esters is 1. The van der Waals surface area contributed by atoms with Crippen LogP contribution in [0.2, 0.25) is 0 Å². The van der Waals surface area contributed by atoms with Gasteiger partial charge in [-0.1, -0.05) is 10.6 Å². The van der Waals surface area contributed by atoms with E-state index in [0.29, 0.717) is 23.5 Å². The summed E-state index contributed by atoms with van der Waals surface area (Å²) in [4.78, 5) is 27.3. The van der Waals surface area contributed by atoms with Crippen molar-refractivity contribution >= 4 is 34.9 Å². The number of ether oxygens (including phenoxy) is 1. The number of thiophene rings is 1. The van der Waals surface area contributed by atoms with E-state index < -0.39 is 12.0 Å². The summed E-state index contributed by atoms with van der Waals surface area (Å²) in [7, 11) is 1.32. The zero-order valence-corrected chi connectivity index (χ0v) is 14.1. The minimum Gasteiger partial charge on any atom is -0.466 e. The van der Waals surface area contributed by atoms with Crippen molar-refractivity contribution in [3.63, 3.8) is 0 Å². The van der Waals surface area contributed by atoms with Gasteiger partial charge in [0.15, 0.2) is 0 Å². The SMILES string of the molecule is COC(=O)C1=C(C)N(Cc2cccs2)C(=O)NC1c1csnn1. The molecule has 1 atom stereocenters. The molecule has 0 radical (unpaired) electrons. The number of carbonyl (C=O) groups excluding carboxylic acids is 2. The Labute approximate surface area is 140 Å². The van der Waals surface area contributed by atoms with Crippen molar-refractivity contribution in [2.75, 3.05) is 7.11 Å². The number of aromatic nitrogens is 2. The van der Waals surface area contributed by atoms with Gasteiger partial charge in [0.1, 0.15) is 11.7 Å². The molecular weight excluding hydrogens is 336 g/mol. The maximum Gasteiger partial charge on any atom is 0.338 e. The molecule has 0 bridgehead atoms. The minimum atomic E-state index is -0.645. The molecule has 0 aliphatic carbocycles. The molecule has 3 rings (SSSR count). The summed E-state index contributed by atoms with van der Waals surface area (Å²) in [5.41, 5.74) is 1.46. The van der Waals surface area contributed by atoms with Crippen molar-refractivity contribution in [2.45, 2.75) is 19.5 Å². The van der Waals surface area contributed by atoms with Gasteiger partial charge in [0.25, 0.3) is 0 Å². The van der Waals surface area contributed by atoms with Crippen LogP contribution in [0.5, 0.6) is 0 Å². The number of hydrogen-bond acceptors (Lipinski definition) is 7. The number of carbonyl (C=O) groups is 2. The third kappa shape index (κ3) is 2.97. The highest BCUT2D eigenvalue weighted by Gasteiger charge is 2.37. The van der Waals surface area contributed by atoms with E-state index >= 15 is 0 Å². The lowest BCUT2D eigenvalue weighted by molar-refractivity contribution is -0.136. The van der Waals surface area contributed by atoms with Gasteiger partial charge >= 0.3 is 12.0 Å². The van der Waals surface area contributed by atoms with Crippen molar-refractivity contribution in [3.8, 4) is 0 Å². The van der Waals surface area contributed by atoms with E-state index in [0.717, 1.165) is 16.4 Å². The zero-order valence-electron chi connectivity index (χ0n) is 12.5. The molecule has 0 aromatic carbocycles. The van der Waals surface area contributed by atoms with Gasteiger partial charge in [-0.05, 0) is 29.9 Å². The second kappa shape index (κ2) is 6.47. The van der Waals surface area contributed by atoms with Crippen LogP contribution in [-0.4, -0.2) is 33.6 Å². The summed E-state index contributed by atoms with van der Waals surface area (Å²) >= 11 is 2.72. The minimum absolute atomic E-state index is 0.276. The van der Waals surface area contributed by atoms with E-state index in [4.69, 9.17) is 4.74 Å². The summed E-state index contributed by atoms with van der Waals surface area (Å²) in [6.07, 6.45) is 0. The van der Waals surface area contributed by atoms with Crippen LogP contribution < -0.4 is 5.32 Å². The van der Waals surface area contributed by atoms with Crippen molar-refractivity contribution in [1.82, 2.24) is 19.8 Å². The van der Waals surface area contributed by atoms with Crippen LogP contribution in [0.25, 0.3) is 0 Å². The van der Waals surface area contributed by atoms with Gasteiger partial charge in [-0.15, -0.1) is 16.4 Å². The molecule has 120 valence electrons. The van der Waals surface area contributed by atoms with Gasteiger partial charge in [0.05, 0.1) is 19.2 Å². The Balaban J connectivity index is 2.01. The third-order valence-electron chi connectivity index (χ3n) is 3.57. The molecule has 0 saturated heterocycles. The van der Waals surface area contributed by atoms with E-state index in [1.807, 2.05) is 17.5 Å². The van der Waals surface area contributed by atoms with Gasteiger partial charge in [-0.2, -0.15) is 0 Å². The summed E-state index contributed by atoms with van der Waals surface area (Å²) in [6.45, 7) is 2.14. The van der Waals surface area contributed by atoms with Gasteiger partial charge in [0, 0.05) is 16.0 Å². The quantitative estimate of drug-likeness (QED) is 0.856. The fraction of sp³-hybridized carbons (Fsp3) is 0.286. The second-order valence-corrected chi connectivity index (χ2v) is 6.51. The van der Waals surface area contributed by atoms with Crippen molar-refractivity contribution in [2.24, 2.45) is 0 Å². The average Bonchev–Trinajstić information content (AvgIpc) is 3.23. The first kappa shape index (κ1) is 15.6. The molecule has 1 aliphatic rings. The number of hydrogen-bond donors (Lipinski definition) is 1. The van der Waals surface area contributed by atoms with Gasteiger partial charge in [0.2, 0.25) is 0 Å². The van der Waals surface area contributed by atoms with Crippen molar-refractivity contribution < 1.29 is 14.3 Å². The Morgan fingerprint density at radius 3 is 2.96 bits per heavy atom. The summed E-state index contributed by atoms with van der Waals surface area (Å²) in [5, 5.41) is 10.4. The summed E-state index contributed by atoms with van der Waals surface area (Å²) in [6, 6.07) is 2.94. The molecule has 2 aromatic heterocycles. The number of allylic oxidation sites excluding steroid dienone is 1. The van der Waals surface area contributed by atoms with E-state index in [9.17, 15) is 9.59 Å². The first-order valence-electron chi connectivity index (χ1n) is 6.78. The predicted molar refractivity (Wildman–Crippen MR) is 85.8 cm³/mol. The Morgan fingerprint density at radius 2 is 2.35 bits per heavy atom. The van der Waals surface area contributed by atoms with Crippen LogP contribution in [-0.2, 0) is 16.1 Å². The lowest BCUT2D eigenvalue weighted by Gasteiger charge is -2.34. The van der Waals surface area contributed by atoms with E-state index in [1.54, 1.807) is 23.6 Å². The monoisotopic (exact) mass is 350 g/mol. The summed E-state index contributed by atoms with van der Waals surface area (Å²) < 4.78 is 8.69. The lowest BCUT2D eigenvalue weighted by atomic mass is 10.00. The molecule has 2 aromatic rings. The van der Waals surface area contributed by atoms with Gasteiger partial charge in [-0.3, -0.25) is 4.90 Å². The number of methoxy groups -OCH3 is 1. The fourth-order valence-corrected chi connectivity index (χ4v) is 3.60. The molecule has 9 heteroatoms. The highest BCUT2D eigenvalue weighted by atomic mass is 32.1. The zero-order chi connectivity index (χ0) is 16.4. The molecule has 7 nitrogen and oxygen atoms in total. The average molecular weight is 350 g/mol. The van der Waals surface area contributed by atoms with E-state index in [2.05, 4.69) is 14.9 Å². The molecular formula is C14H14N4O3S2. The molecule has 1 N–H and O–H groups in total. The van der Waals surface area contributed by atoms with Crippen LogP contribution in [0, 0.1) is 0 Å². The first-order valence-corrected chi connectivity index (χ1v) is 8.50. The van der Waals surface area contributed by atoms with Crippen molar-refractivity contribution in [1.29, 1.82) is 0 Å². The molecule has 1 unspecified atom stereocenters. The number of amides is 2. The van der Waals surface area contributed by atoms with E-state index in [1.165, 1.54) is 12.0 Å². The number of urea groups is 1. The van der Waals surface area contributed by atoms with E-state index in [-0.39, 0.29) is 6.03 Å².